The van der Waals surface area contributed by atoms with Crippen LogP contribution in [0.3, 0.4) is 0 Å². The van der Waals surface area contributed by atoms with Crippen LogP contribution < -0.4 is 20.1 Å². The average Bonchev–Trinajstić information content (AvgIpc) is 2.78. The van der Waals surface area contributed by atoms with Gasteiger partial charge in [-0.2, -0.15) is 0 Å². The molecular formula is C24H24N2O4. The number of ether oxygens (including phenoxy) is 2. The standard InChI is InChI=1S/C24H24N2O4/c1-17(30-22-15-9-8-14-21(22)29-2)23(27)26-20-13-7-6-12-19(20)24(28)25-16-18-10-4-3-5-11-18/h3-15,17H,16H2,1-2H3,(H,25,28)(H,26,27)/t17-/m0/s1. The van der Waals surface area contributed by atoms with Crippen LogP contribution in [0.4, 0.5) is 5.69 Å². The minimum Gasteiger partial charge on any atom is -0.493 e. The first kappa shape index (κ1) is 20.9. The number of hydrogen-bond acceptors (Lipinski definition) is 4. The fourth-order valence-electron chi connectivity index (χ4n) is 2.86. The minimum atomic E-state index is -0.790. The smallest absolute Gasteiger partial charge is 0.265 e. The molecule has 0 heterocycles. The van der Waals surface area contributed by atoms with Gasteiger partial charge in [-0.15, -0.1) is 0 Å². The zero-order valence-corrected chi connectivity index (χ0v) is 16.9. The van der Waals surface area contributed by atoms with Crippen LogP contribution in [0.15, 0.2) is 78.9 Å². The summed E-state index contributed by atoms with van der Waals surface area (Å²) in [7, 11) is 1.54. The van der Waals surface area contributed by atoms with Crippen LogP contribution in [0, 0.1) is 0 Å². The predicted octanol–water partition coefficient (Wildman–Crippen LogP) is 4.03. The molecule has 2 amide bonds. The molecule has 30 heavy (non-hydrogen) atoms. The highest BCUT2D eigenvalue weighted by Crippen LogP contribution is 2.27. The zero-order chi connectivity index (χ0) is 21.3. The highest BCUT2D eigenvalue weighted by molar-refractivity contribution is 6.04. The number of carbonyl (C=O) groups is 2. The molecule has 6 heteroatoms. The van der Waals surface area contributed by atoms with Gasteiger partial charge in [-0.05, 0) is 36.8 Å². The second-order valence-corrected chi connectivity index (χ2v) is 6.61. The van der Waals surface area contributed by atoms with Gasteiger partial charge in [0.2, 0.25) is 0 Å². The van der Waals surface area contributed by atoms with E-state index < -0.39 is 6.10 Å². The fourth-order valence-corrected chi connectivity index (χ4v) is 2.86. The molecule has 0 fully saturated rings. The van der Waals surface area contributed by atoms with Crippen LogP contribution >= 0.6 is 0 Å². The number of benzene rings is 3. The quantitative estimate of drug-likeness (QED) is 0.594. The SMILES string of the molecule is COc1ccccc1O[C@@H](C)C(=O)Nc1ccccc1C(=O)NCc1ccccc1. The summed E-state index contributed by atoms with van der Waals surface area (Å²) < 4.78 is 11.0. The summed E-state index contributed by atoms with van der Waals surface area (Å²) in [6.45, 7) is 2.04. The fraction of sp³-hybridized carbons (Fsp3) is 0.167. The van der Waals surface area contributed by atoms with E-state index in [0.717, 1.165) is 5.56 Å². The van der Waals surface area contributed by atoms with E-state index in [4.69, 9.17) is 9.47 Å². The summed E-state index contributed by atoms with van der Waals surface area (Å²) >= 11 is 0. The van der Waals surface area contributed by atoms with E-state index in [2.05, 4.69) is 10.6 Å². The van der Waals surface area contributed by atoms with Crippen LogP contribution in [-0.4, -0.2) is 25.0 Å². The Hall–Kier alpha value is -3.80. The molecule has 154 valence electrons. The first-order valence-electron chi connectivity index (χ1n) is 9.60. The van der Waals surface area contributed by atoms with Gasteiger partial charge in [0.15, 0.2) is 17.6 Å². The molecule has 3 aromatic rings. The number of nitrogens with one attached hydrogen (secondary N) is 2. The monoisotopic (exact) mass is 404 g/mol. The average molecular weight is 404 g/mol. The molecule has 0 spiro atoms. The Labute approximate surface area is 175 Å². The maximum atomic E-state index is 12.7. The van der Waals surface area contributed by atoms with E-state index >= 15 is 0 Å². The van der Waals surface area contributed by atoms with Gasteiger partial charge < -0.3 is 20.1 Å². The van der Waals surface area contributed by atoms with Crippen molar-refractivity contribution < 1.29 is 19.1 Å². The summed E-state index contributed by atoms with van der Waals surface area (Å²) in [5.41, 5.74) is 1.79. The Morgan fingerprint density at radius 2 is 1.50 bits per heavy atom. The normalized spacial score (nSPS) is 11.3. The Morgan fingerprint density at radius 1 is 0.867 bits per heavy atom. The van der Waals surface area contributed by atoms with E-state index in [9.17, 15) is 9.59 Å². The molecule has 6 nitrogen and oxygen atoms in total. The second kappa shape index (κ2) is 10.1. The van der Waals surface area contributed by atoms with Gasteiger partial charge in [0.25, 0.3) is 11.8 Å². The Bertz CT molecular complexity index is 1000. The Morgan fingerprint density at radius 3 is 2.23 bits per heavy atom. The van der Waals surface area contributed by atoms with Crippen molar-refractivity contribution in [1.82, 2.24) is 5.32 Å². The van der Waals surface area contributed by atoms with Crippen molar-refractivity contribution in [2.45, 2.75) is 19.6 Å². The lowest BCUT2D eigenvalue weighted by atomic mass is 10.1. The molecule has 0 saturated carbocycles. The second-order valence-electron chi connectivity index (χ2n) is 6.61. The molecule has 0 aliphatic rings. The number of para-hydroxylation sites is 3. The van der Waals surface area contributed by atoms with Crippen LogP contribution in [0.25, 0.3) is 0 Å². The molecule has 3 aromatic carbocycles. The van der Waals surface area contributed by atoms with Crippen LogP contribution in [0.5, 0.6) is 11.5 Å². The van der Waals surface area contributed by atoms with Gasteiger partial charge >= 0.3 is 0 Å². The topological polar surface area (TPSA) is 76.7 Å². The molecule has 0 unspecified atom stereocenters. The lowest BCUT2D eigenvalue weighted by molar-refractivity contribution is -0.122. The van der Waals surface area contributed by atoms with Crippen molar-refractivity contribution in [2.24, 2.45) is 0 Å². The van der Waals surface area contributed by atoms with Gasteiger partial charge in [0, 0.05) is 6.54 Å². The van der Waals surface area contributed by atoms with Crippen LogP contribution in [0.2, 0.25) is 0 Å². The van der Waals surface area contributed by atoms with Gasteiger partial charge in [-0.25, -0.2) is 0 Å². The summed E-state index contributed by atoms with van der Waals surface area (Å²) in [6.07, 6.45) is -0.790. The van der Waals surface area contributed by atoms with Crippen molar-refractivity contribution in [3.05, 3.63) is 90.0 Å². The number of hydrogen-bond donors (Lipinski definition) is 2. The molecule has 1 atom stereocenters. The van der Waals surface area contributed by atoms with E-state index in [1.165, 1.54) is 7.11 Å². The van der Waals surface area contributed by atoms with E-state index in [1.807, 2.05) is 36.4 Å². The molecule has 0 aliphatic heterocycles. The van der Waals surface area contributed by atoms with E-state index in [1.54, 1.807) is 49.4 Å². The number of amides is 2. The summed E-state index contributed by atoms with van der Waals surface area (Å²) in [5.74, 6) is 0.367. The molecule has 3 rings (SSSR count). The van der Waals surface area contributed by atoms with Gasteiger partial charge in [0.05, 0.1) is 18.4 Å². The van der Waals surface area contributed by atoms with Gasteiger partial charge in [-0.3, -0.25) is 9.59 Å². The number of methoxy groups -OCH3 is 1. The van der Waals surface area contributed by atoms with Crippen molar-refractivity contribution in [1.29, 1.82) is 0 Å². The summed E-state index contributed by atoms with van der Waals surface area (Å²) in [6, 6.07) is 23.6. The number of rotatable bonds is 8. The van der Waals surface area contributed by atoms with Crippen molar-refractivity contribution in [3.63, 3.8) is 0 Å². The van der Waals surface area contributed by atoms with Gasteiger partial charge in [0.1, 0.15) is 0 Å². The van der Waals surface area contributed by atoms with Crippen LogP contribution in [-0.2, 0) is 11.3 Å². The van der Waals surface area contributed by atoms with E-state index in [-0.39, 0.29) is 11.8 Å². The third-order valence-corrected chi connectivity index (χ3v) is 4.47. The minimum absolute atomic E-state index is 0.270. The highest BCUT2D eigenvalue weighted by Gasteiger charge is 2.19. The van der Waals surface area contributed by atoms with Crippen molar-refractivity contribution in [3.8, 4) is 11.5 Å². The maximum absolute atomic E-state index is 12.7. The maximum Gasteiger partial charge on any atom is 0.265 e. The third kappa shape index (κ3) is 5.38. The number of carbonyl (C=O) groups excluding carboxylic acids is 2. The summed E-state index contributed by atoms with van der Waals surface area (Å²) in [4.78, 5) is 25.3. The van der Waals surface area contributed by atoms with E-state index in [0.29, 0.717) is 29.3 Å². The Balaban J connectivity index is 1.66. The molecule has 0 bridgehead atoms. The van der Waals surface area contributed by atoms with Crippen molar-refractivity contribution >= 4 is 17.5 Å². The molecular weight excluding hydrogens is 380 g/mol. The largest absolute Gasteiger partial charge is 0.493 e. The molecule has 0 saturated heterocycles. The summed E-state index contributed by atoms with van der Waals surface area (Å²) in [5, 5.41) is 5.66. The lowest BCUT2D eigenvalue weighted by Gasteiger charge is -2.17. The molecule has 0 radical (unpaired) electrons. The first-order chi connectivity index (χ1) is 14.6. The third-order valence-electron chi connectivity index (χ3n) is 4.47. The number of anilines is 1. The molecule has 0 aromatic heterocycles. The van der Waals surface area contributed by atoms with Crippen LogP contribution in [0.1, 0.15) is 22.8 Å². The van der Waals surface area contributed by atoms with Gasteiger partial charge in [-0.1, -0.05) is 54.6 Å². The van der Waals surface area contributed by atoms with Crippen molar-refractivity contribution in [2.75, 3.05) is 12.4 Å². The first-order valence-corrected chi connectivity index (χ1v) is 9.60. The molecule has 2 N–H and O–H groups in total. The Kier molecular flexibility index (Phi) is 7.05. The zero-order valence-electron chi connectivity index (χ0n) is 16.9. The lowest BCUT2D eigenvalue weighted by Crippen LogP contribution is -2.31. The molecule has 0 aliphatic carbocycles. The highest BCUT2D eigenvalue weighted by atomic mass is 16.5. The predicted molar refractivity (Wildman–Crippen MR) is 116 cm³/mol.